The highest BCUT2D eigenvalue weighted by Gasteiger charge is 2.30. The molecule has 0 amide bonds. The molecule has 1 aromatic rings. The normalized spacial score (nSPS) is 21.7. The molecule has 1 fully saturated rings. The molecule has 2 heterocycles. The minimum Gasteiger partial charge on any atom is -0.383 e. The summed E-state index contributed by atoms with van der Waals surface area (Å²) in [6.45, 7) is 5.69. The number of nitrogens with one attached hydrogen (secondary N) is 1. The lowest BCUT2D eigenvalue weighted by molar-refractivity contribution is 0.0315. The summed E-state index contributed by atoms with van der Waals surface area (Å²) >= 11 is 0. The van der Waals surface area contributed by atoms with Crippen LogP contribution in [0.4, 0.5) is 11.5 Å². The molecule has 21 heavy (non-hydrogen) atoms. The summed E-state index contributed by atoms with van der Waals surface area (Å²) < 4.78 is 8.21. The Labute approximate surface area is 123 Å². The third-order valence-electron chi connectivity index (χ3n) is 3.97. The number of aromatic nitrogens is 2. The molecule has 7 heteroatoms. The molecule has 1 unspecified atom stereocenters. The van der Waals surface area contributed by atoms with Gasteiger partial charge in [0.25, 0.3) is 5.56 Å². The van der Waals surface area contributed by atoms with E-state index in [2.05, 4.69) is 5.32 Å². The molecule has 0 radical (unpaired) electrons. The van der Waals surface area contributed by atoms with Crippen LogP contribution in [0.3, 0.4) is 0 Å². The first kappa shape index (κ1) is 15.6. The maximum Gasteiger partial charge on any atom is 0.332 e. The molecule has 7 nitrogen and oxygen atoms in total. The quantitative estimate of drug-likeness (QED) is 0.826. The number of nitrogens with zero attached hydrogens (tertiary/aromatic N) is 2. The van der Waals surface area contributed by atoms with Crippen molar-refractivity contribution in [1.82, 2.24) is 9.13 Å². The van der Waals surface area contributed by atoms with Gasteiger partial charge in [-0.25, -0.2) is 4.79 Å². The summed E-state index contributed by atoms with van der Waals surface area (Å²) in [6, 6.07) is 0. The Kier molecular flexibility index (Phi) is 4.41. The second-order valence-corrected chi connectivity index (χ2v) is 5.81. The Hall–Kier alpha value is -1.76. The van der Waals surface area contributed by atoms with Crippen molar-refractivity contribution in [3.63, 3.8) is 0 Å². The van der Waals surface area contributed by atoms with Crippen molar-refractivity contribution in [3.05, 3.63) is 20.8 Å². The predicted octanol–water partition coefficient (Wildman–Crippen LogP) is 0.520. The van der Waals surface area contributed by atoms with E-state index in [1.54, 1.807) is 0 Å². The number of ether oxygens (including phenoxy) is 1. The molecular weight excluding hydrogens is 272 g/mol. The van der Waals surface area contributed by atoms with E-state index >= 15 is 0 Å². The lowest BCUT2D eigenvalue weighted by Gasteiger charge is -2.25. The van der Waals surface area contributed by atoms with E-state index in [4.69, 9.17) is 10.5 Å². The van der Waals surface area contributed by atoms with Crippen molar-refractivity contribution in [3.8, 4) is 0 Å². The summed E-state index contributed by atoms with van der Waals surface area (Å²) in [6.07, 6.45) is 2.72. The zero-order valence-corrected chi connectivity index (χ0v) is 12.9. The highest BCUT2D eigenvalue weighted by molar-refractivity contribution is 5.60. The second kappa shape index (κ2) is 5.93. The standard InChI is InChI=1S/C14H24N4O3/c1-4-7-18-11(15)10(12(19)17(3)13(18)20)16-9-14(2)6-5-8-21-14/h16H,4-9,15H2,1-3H3. The van der Waals surface area contributed by atoms with Gasteiger partial charge >= 0.3 is 5.69 Å². The van der Waals surface area contributed by atoms with Gasteiger partial charge in [-0.15, -0.1) is 0 Å². The molecule has 0 spiro atoms. The first-order chi connectivity index (χ1) is 9.89. The van der Waals surface area contributed by atoms with E-state index in [9.17, 15) is 9.59 Å². The van der Waals surface area contributed by atoms with Crippen molar-refractivity contribution in [2.24, 2.45) is 7.05 Å². The molecule has 118 valence electrons. The summed E-state index contributed by atoms with van der Waals surface area (Å²) in [4.78, 5) is 24.3. The topological polar surface area (TPSA) is 91.3 Å². The lowest BCUT2D eigenvalue weighted by Crippen LogP contribution is -2.42. The van der Waals surface area contributed by atoms with Crippen molar-refractivity contribution in [2.45, 2.75) is 45.3 Å². The Morgan fingerprint density at radius 3 is 2.71 bits per heavy atom. The van der Waals surface area contributed by atoms with Crippen LogP contribution in [0.25, 0.3) is 0 Å². The van der Waals surface area contributed by atoms with Gasteiger partial charge in [0, 0.05) is 26.7 Å². The third kappa shape index (κ3) is 2.97. The molecule has 0 saturated carbocycles. The van der Waals surface area contributed by atoms with Crippen molar-refractivity contribution in [1.29, 1.82) is 0 Å². The van der Waals surface area contributed by atoms with Gasteiger partial charge < -0.3 is 15.8 Å². The van der Waals surface area contributed by atoms with E-state index in [1.165, 1.54) is 11.6 Å². The number of hydrogen-bond donors (Lipinski definition) is 2. The monoisotopic (exact) mass is 296 g/mol. The number of nitrogen functional groups attached to an aromatic ring is 1. The minimum atomic E-state index is -0.397. The fraction of sp³-hybridized carbons (Fsp3) is 0.714. The van der Waals surface area contributed by atoms with Crippen LogP contribution in [-0.2, 0) is 18.3 Å². The molecule has 1 saturated heterocycles. The smallest absolute Gasteiger partial charge is 0.332 e. The van der Waals surface area contributed by atoms with Gasteiger partial charge in [0.15, 0.2) is 0 Å². The Morgan fingerprint density at radius 2 is 2.14 bits per heavy atom. The summed E-state index contributed by atoms with van der Waals surface area (Å²) in [5.41, 5.74) is 5.23. The largest absolute Gasteiger partial charge is 0.383 e. The second-order valence-electron chi connectivity index (χ2n) is 5.81. The molecule has 2 rings (SSSR count). The molecule has 0 bridgehead atoms. The summed E-state index contributed by atoms with van der Waals surface area (Å²) in [7, 11) is 1.47. The zero-order valence-electron chi connectivity index (χ0n) is 12.9. The van der Waals surface area contributed by atoms with Gasteiger partial charge in [-0.05, 0) is 26.2 Å². The number of anilines is 2. The fourth-order valence-electron chi connectivity index (χ4n) is 2.64. The van der Waals surface area contributed by atoms with Crippen LogP contribution < -0.4 is 22.3 Å². The van der Waals surface area contributed by atoms with Crippen LogP contribution >= 0.6 is 0 Å². The fourth-order valence-corrected chi connectivity index (χ4v) is 2.64. The number of hydrogen-bond acceptors (Lipinski definition) is 5. The minimum absolute atomic E-state index is 0.201. The third-order valence-corrected chi connectivity index (χ3v) is 3.97. The van der Waals surface area contributed by atoms with Gasteiger partial charge in [-0.2, -0.15) is 0 Å². The number of rotatable bonds is 5. The Balaban J connectivity index is 2.34. The molecule has 0 aromatic carbocycles. The van der Waals surface area contributed by atoms with Gasteiger partial charge in [0.2, 0.25) is 0 Å². The van der Waals surface area contributed by atoms with Crippen LogP contribution in [0.5, 0.6) is 0 Å². The van der Waals surface area contributed by atoms with Gasteiger partial charge in [-0.1, -0.05) is 6.92 Å². The SMILES string of the molecule is CCCn1c(N)c(NCC2(C)CCCO2)c(=O)n(C)c1=O. The zero-order chi connectivity index (χ0) is 15.6. The molecule has 1 aliphatic heterocycles. The molecule has 1 aliphatic rings. The molecule has 1 aromatic heterocycles. The van der Waals surface area contributed by atoms with Gasteiger partial charge in [-0.3, -0.25) is 13.9 Å². The molecular formula is C14H24N4O3. The van der Waals surface area contributed by atoms with Gasteiger partial charge in [0.05, 0.1) is 5.60 Å². The number of nitrogens with two attached hydrogens (primary N) is 1. The summed E-state index contributed by atoms with van der Waals surface area (Å²) in [5.74, 6) is 0.201. The van der Waals surface area contributed by atoms with E-state index in [0.29, 0.717) is 13.1 Å². The van der Waals surface area contributed by atoms with Crippen LogP contribution in [0.1, 0.15) is 33.1 Å². The van der Waals surface area contributed by atoms with Crippen LogP contribution in [0.2, 0.25) is 0 Å². The predicted molar refractivity (Wildman–Crippen MR) is 82.7 cm³/mol. The van der Waals surface area contributed by atoms with Crippen molar-refractivity contribution >= 4 is 11.5 Å². The van der Waals surface area contributed by atoms with Crippen molar-refractivity contribution < 1.29 is 4.74 Å². The molecule has 3 N–H and O–H groups in total. The maximum absolute atomic E-state index is 12.2. The first-order valence-corrected chi connectivity index (χ1v) is 7.37. The maximum atomic E-state index is 12.2. The average Bonchev–Trinajstić information content (AvgIpc) is 2.88. The Morgan fingerprint density at radius 1 is 1.43 bits per heavy atom. The lowest BCUT2D eigenvalue weighted by atomic mass is 10.0. The molecule has 1 atom stereocenters. The highest BCUT2D eigenvalue weighted by atomic mass is 16.5. The van der Waals surface area contributed by atoms with Crippen LogP contribution in [0.15, 0.2) is 9.59 Å². The molecule has 0 aliphatic carbocycles. The van der Waals surface area contributed by atoms with Crippen molar-refractivity contribution in [2.75, 3.05) is 24.2 Å². The van der Waals surface area contributed by atoms with Crippen LogP contribution in [-0.4, -0.2) is 27.9 Å². The highest BCUT2D eigenvalue weighted by Crippen LogP contribution is 2.25. The average molecular weight is 296 g/mol. The van der Waals surface area contributed by atoms with E-state index < -0.39 is 5.56 Å². The van der Waals surface area contributed by atoms with E-state index in [0.717, 1.165) is 30.4 Å². The van der Waals surface area contributed by atoms with Gasteiger partial charge in [0.1, 0.15) is 11.5 Å². The first-order valence-electron chi connectivity index (χ1n) is 7.37. The summed E-state index contributed by atoms with van der Waals surface area (Å²) in [5, 5.41) is 3.09. The van der Waals surface area contributed by atoms with E-state index in [-0.39, 0.29) is 22.8 Å². The van der Waals surface area contributed by atoms with E-state index in [1.807, 2.05) is 13.8 Å². The Bertz CT molecular complexity index is 626. The van der Waals surface area contributed by atoms with Crippen LogP contribution in [0, 0.1) is 0 Å².